The quantitative estimate of drug-likeness (QED) is 0.164. The van der Waals surface area contributed by atoms with E-state index in [1.165, 1.54) is 148 Å². The molecule has 2 aromatic heterocycles. The van der Waals surface area contributed by atoms with Gasteiger partial charge in [0, 0.05) is 32.4 Å². The van der Waals surface area contributed by atoms with Gasteiger partial charge >= 0.3 is 0 Å². The molecule has 15 rings (SSSR count). The fourth-order valence-corrected chi connectivity index (χ4v) is 12.9. The van der Waals surface area contributed by atoms with Gasteiger partial charge in [-0.1, -0.05) is 167 Å². The van der Waals surface area contributed by atoms with Gasteiger partial charge < -0.3 is 4.40 Å². The Bertz CT molecular complexity index is 4020. The van der Waals surface area contributed by atoms with Crippen LogP contribution in [-0.4, -0.2) is 4.40 Å². The van der Waals surface area contributed by atoms with Crippen LogP contribution in [0.15, 0.2) is 188 Å². The van der Waals surface area contributed by atoms with Crippen LogP contribution in [0.25, 0.3) is 126 Å². The smallest absolute Gasteiger partial charge is 0.0620 e. The lowest BCUT2D eigenvalue weighted by molar-refractivity contribution is 0.661. The van der Waals surface area contributed by atoms with Crippen molar-refractivity contribution in [2.45, 2.75) is 38.5 Å². The van der Waals surface area contributed by atoms with Crippen molar-refractivity contribution in [1.82, 2.24) is 4.40 Å². The second-order valence-corrected chi connectivity index (χ2v) is 20.0. The van der Waals surface area contributed by atoms with Crippen LogP contribution in [0.1, 0.15) is 49.9 Å². The standard InChI is InChI=1S/C64H43N/c1-63(2)52-32-42(24-26-46(52)50-28-36-14-5-7-16-38(36)30-54(50)63)58-44-20-11-9-18-40(44)34-56-60(58)48-22-13-23-49-61-57(65(56)62(48)49)35-41-19-10-12-21-45(41)59(61)43-25-27-47-51-29-37-15-6-8-17-39(37)31-55(51)64(3,4)53(47)33-43/h5-35H,1-4H3. The molecule has 11 aromatic carbocycles. The third-order valence-electron chi connectivity index (χ3n) is 16.0. The minimum absolute atomic E-state index is 0.138. The summed E-state index contributed by atoms with van der Waals surface area (Å²) in [4.78, 5) is 0. The molecule has 2 aliphatic carbocycles. The van der Waals surface area contributed by atoms with E-state index in [-0.39, 0.29) is 10.8 Å². The first-order valence-electron chi connectivity index (χ1n) is 23.2. The molecular weight excluding hydrogens is 783 g/mol. The lowest BCUT2D eigenvalue weighted by atomic mass is 9.80. The molecule has 0 saturated carbocycles. The lowest BCUT2D eigenvalue weighted by Gasteiger charge is -2.23. The van der Waals surface area contributed by atoms with E-state index in [1.54, 1.807) is 0 Å². The Labute approximate surface area is 377 Å². The zero-order valence-electron chi connectivity index (χ0n) is 36.8. The number of benzene rings is 11. The van der Waals surface area contributed by atoms with E-state index in [4.69, 9.17) is 0 Å². The SMILES string of the molecule is CC1(C)c2cc(-c3c4ccccc4cc4c3c3cccc5c6c(-c7ccc8c(c7)C(C)(C)c7cc9ccccc9cc7-8)c7ccccc7cc6n4c35)ccc2-c2cc3ccccc3cc21. The molecule has 1 heteroatoms. The van der Waals surface area contributed by atoms with Crippen molar-refractivity contribution in [3.05, 3.63) is 210 Å². The average Bonchev–Trinajstić information content (AvgIpc) is 3.98. The van der Waals surface area contributed by atoms with Crippen LogP contribution in [0.2, 0.25) is 0 Å². The largest absolute Gasteiger partial charge is 0.308 e. The third kappa shape index (κ3) is 4.48. The van der Waals surface area contributed by atoms with E-state index >= 15 is 0 Å². The van der Waals surface area contributed by atoms with E-state index in [2.05, 4.69) is 220 Å². The number of hydrogen-bond acceptors (Lipinski definition) is 0. The first kappa shape index (κ1) is 35.7. The maximum absolute atomic E-state index is 2.61. The summed E-state index contributed by atoms with van der Waals surface area (Å²) in [6.45, 7) is 9.64. The predicted molar refractivity (Wildman–Crippen MR) is 277 cm³/mol. The minimum atomic E-state index is -0.138. The molecule has 2 heterocycles. The van der Waals surface area contributed by atoms with Crippen LogP contribution in [0.4, 0.5) is 0 Å². The van der Waals surface area contributed by atoms with Gasteiger partial charge in [0.05, 0.1) is 16.6 Å². The zero-order chi connectivity index (χ0) is 43.1. The molecule has 0 amide bonds. The Balaban J connectivity index is 1.01. The Kier molecular flexibility index (Phi) is 6.63. The minimum Gasteiger partial charge on any atom is -0.308 e. The summed E-state index contributed by atoms with van der Waals surface area (Å²) in [6.07, 6.45) is 0. The molecule has 0 bridgehead atoms. The van der Waals surface area contributed by atoms with E-state index < -0.39 is 0 Å². The summed E-state index contributed by atoms with van der Waals surface area (Å²) in [7, 11) is 0. The maximum Gasteiger partial charge on any atom is 0.0620 e. The normalized spacial score (nSPS) is 14.7. The maximum atomic E-state index is 2.61. The number of aromatic nitrogens is 1. The van der Waals surface area contributed by atoms with E-state index in [9.17, 15) is 0 Å². The first-order valence-corrected chi connectivity index (χ1v) is 23.2. The van der Waals surface area contributed by atoms with E-state index in [1.807, 2.05) is 0 Å². The Morgan fingerprint density at radius 1 is 0.308 bits per heavy atom. The molecule has 0 atom stereocenters. The molecule has 0 saturated heterocycles. The molecule has 0 radical (unpaired) electrons. The summed E-state index contributed by atoms with van der Waals surface area (Å²) in [5, 5.41) is 15.5. The number of hydrogen-bond donors (Lipinski definition) is 0. The highest BCUT2D eigenvalue weighted by Crippen LogP contribution is 2.55. The topological polar surface area (TPSA) is 4.41 Å². The molecule has 1 nitrogen and oxygen atoms in total. The molecule has 0 spiro atoms. The van der Waals surface area contributed by atoms with Crippen LogP contribution in [0.5, 0.6) is 0 Å². The monoisotopic (exact) mass is 825 g/mol. The third-order valence-corrected chi connectivity index (χ3v) is 16.0. The Morgan fingerprint density at radius 2 is 0.677 bits per heavy atom. The fourth-order valence-electron chi connectivity index (χ4n) is 12.9. The molecule has 65 heavy (non-hydrogen) atoms. The molecule has 0 aliphatic heterocycles. The van der Waals surface area contributed by atoms with Crippen molar-refractivity contribution in [1.29, 1.82) is 0 Å². The molecular formula is C64H43N. The summed E-state index contributed by atoms with van der Waals surface area (Å²) >= 11 is 0. The van der Waals surface area contributed by atoms with E-state index in [0.29, 0.717) is 0 Å². The van der Waals surface area contributed by atoms with Crippen molar-refractivity contribution >= 4 is 81.2 Å². The summed E-state index contributed by atoms with van der Waals surface area (Å²) in [5.74, 6) is 0. The first-order chi connectivity index (χ1) is 31.7. The van der Waals surface area contributed by atoms with Crippen LogP contribution in [-0.2, 0) is 10.8 Å². The Morgan fingerprint density at radius 3 is 1.12 bits per heavy atom. The van der Waals surface area contributed by atoms with Crippen molar-refractivity contribution in [3.8, 4) is 44.5 Å². The summed E-state index contributed by atoms with van der Waals surface area (Å²) in [5.41, 5.74) is 19.7. The lowest BCUT2D eigenvalue weighted by Crippen LogP contribution is -2.15. The Hall–Kier alpha value is -7.74. The fraction of sp³-hybridized carbons (Fsp3) is 0.0938. The summed E-state index contributed by atoms with van der Waals surface area (Å²) in [6, 6.07) is 72.0. The van der Waals surface area contributed by atoms with Crippen molar-refractivity contribution < 1.29 is 0 Å². The van der Waals surface area contributed by atoms with Gasteiger partial charge in [-0.2, -0.15) is 0 Å². The predicted octanol–water partition coefficient (Wildman–Crippen LogP) is 17.4. The highest BCUT2D eigenvalue weighted by Gasteiger charge is 2.38. The molecule has 0 N–H and O–H groups in total. The van der Waals surface area contributed by atoms with Gasteiger partial charge in [0.1, 0.15) is 0 Å². The van der Waals surface area contributed by atoms with E-state index in [0.717, 1.165) is 0 Å². The van der Waals surface area contributed by atoms with Crippen molar-refractivity contribution in [2.24, 2.45) is 0 Å². The average molecular weight is 826 g/mol. The zero-order valence-corrected chi connectivity index (χ0v) is 36.8. The van der Waals surface area contributed by atoms with Gasteiger partial charge in [0.2, 0.25) is 0 Å². The van der Waals surface area contributed by atoms with Gasteiger partial charge in [-0.15, -0.1) is 0 Å². The second kappa shape index (κ2) is 12.1. The van der Waals surface area contributed by atoms with Crippen LogP contribution >= 0.6 is 0 Å². The molecule has 0 unspecified atom stereocenters. The number of rotatable bonds is 2. The van der Waals surface area contributed by atoms with Gasteiger partial charge in [0.15, 0.2) is 0 Å². The summed E-state index contributed by atoms with van der Waals surface area (Å²) < 4.78 is 2.61. The second-order valence-electron chi connectivity index (χ2n) is 20.0. The molecule has 0 fully saturated rings. The van der Waals surface area contributed by atoms with Crippen LogP contribution in [0, 0.1) is 0 Å². The van der Waals surface area contributed by atoms with Gasteiger partial charge in [-0.05, 0) is 158 Å². The molecule has 13 aromatic rings. The highest BCUT2D eigenvalue weighted by molar-refractivity contribution is 6.32. The molecule has 304 valence electrons. The van der Waals surface area contributed by atoms with Gasteiger partial charge in [0.25, 0.3) is 0 Å². The van der Waals surface area contributed by atoms with Gasteiger partial charge in [-0.25, -0.2) is 0 Å². The number of para-hydroxylation sites is 1. The van der Waals surface area contributed by atoms with Crippen LogP contribution in [0.3, 0.4) is 0 Å². The van der Waals surface area contributed by atoms with Crippen LogP contribution < -0.4 is 0 Å². The highest BCUT2D eigenvalue weighted by atomic mass is 14.9. The number of nitrogens with zero attached hydrogens (tertiary/aromatic N) is 1. The van der Waals surface area contributed by atoms with Crippen molar-refractivity contribution in [2.75, 3.05) is 0 Å². The van der Waals surface area contributed by atoms with Gasteiger partial charge in [-0.3, -0.25) is 0 Å². The molecule has 2 aliphatic rings. The number of fused-ring (bicyclic) bond motifs is 16. The van der Waals surface area contributed by atoms with Crippen molar-refractivity contribution in [3.63, 3.8) is 0 Å².